The van der Waals surface area contributed by atoms with Crippen LogP contribution in [0.4, 0.5) is 11.6 Å². The second-order valence-electron chi connectivity index (χ2n) is 7.39. The van der Waals surface area contributed by atoms with Crippen LogP contribution in [-0.2, 0) is 0 Å². The van der Waals surface area contributed by atoms with Crippen molar-refractivity contribution >= 4 is 17.5 Å². The standard InChI is InChI=1S/C23H21N7O2.H2/c24-20-19(22-28-27-21(32-22)16-7-3-1-4-8-16)26-18(15-25-20)29-11-13-30(14-12-29)23(31)17-9-5-2-6-10-17;/h1-10,15H,11-14H2,(H2,24,25);1H. The van der Waals surface area contributed by atoms with E-state index in [4.69, 9.17) is 10.2 Å². The number of carbonyl (C=O) groups is 1. The Balaban J connectivity index is 0.00000259. The molecule has 0 atom stereocenters. The monoisotopic (exact) mass is 429 g/mol. The number of piperazine rings is 1. The van der Waals surface area contributed by atoms with Gasteiger partial charge in [-0.25, -0.2) is 9.97 Å². The number of nitrogens with two attached hydrogens (primary N) is 1. The fourth-order valence-electron chi connectivity index (χ4n) is 3.62. The molecule has 1 aliphatic heterocycles. The molecule has 1 amide bonds. The molecule has 9 heteroatoms. The van der Waals surface area contributed by atoms with Gasteiger partial charge in [0.2, 0.25) is 5.89 Å². The number of rotatable bonds is 4. The smallest absolute Gasteiger partial charge is 0.270 e. The summed E-state index contributed by atoms with van der Waals surface area (Å²) in [5.41, 5.74) is 7.91. The summed E-state index contributed by atoms with van der Waals surface area (Å²) >= 11 is 0. The average Bonchev–Trinajstić information content (AvgIpc) is 3.35. The summed E-state index contributed by atoms with van der Waals surface area (Å²) in [5, 5.41) is 8.21. The molecule has 9 nitrogen and oxygen atoms in total. The van der Waals surface area contributed by atoms with Crippen molar-refractivity contribution in [3.05, 3.63) is 72.4 Å². The Bertz CT molecular complexity index is 1230. The first-order chi connectivity index (χ1) is 15.7. The minimum Gasteiger partial charge on any atom is -0.414 e. The Hall–Kier alpha value is -4.27. The van der Waals surface area contributed by atoms with Crippen LogP contribution >= 0.6 is 0 Å². The summed E-state index contributed by atoms with van der Waals surface area (Å²) in [7, 11) is 0. The molecule has 0 radical (unpaired) electrons. The second kappa shape index (κ2) is 8.46. The maximum Gasteiger partial charge on any atom is 0.270 e. The molecule has 2 N–H and O–H groups in total. The normalized spacial score (nSPS) is 13.9. The lowest BCUT2D eigenvalue weighted by Gasteiger charge is -2.35. The van der Waals surface area contributed by atoms with Gasteiger partial charge in [0, 0.05) is 38.7 Å². The SMILES string of the molecule is Nc1ncc(N2CCN(C(=O)c3ccccc3)CC2)nc1-c1nnc(-c2ccccc2)o1.[HH]. The highest BCUT2D eigenvalue weighted by Crippen LogP contribution is 2.27. The van der Waals surface area contributed by atoms with E-state index < -0.39 is 0 Å². The van der Waals surface area contributed by atoms with Gasteiger partial charge in [-0.05, 0) is 24.3 Å². The zero-order valence-electron chi connectivity index (χ0n) is 17.3. The van der Waals surface area contributed by atoms with Crippen molar-refractivity contribution in [3.63, 3.8) is 0 Å². The largest absolute Gasteiger partial charge is 0.414 e. The molecular weight excluding hydrogens is 406 g/mol. The van der Waals surface area contributed by atoms with Gasteiger partial charge in [-0.2, -0.15) is 0 Å². The number of aromatic nitrogens is 4. The van der Waals surface area contributed by atoms with E-state index >= 15 is 0 Å². The lowest BCUT2D eigenvalue weighted by atomic mass is 10.2. The lowest BCUT2D eigenvalue weighted by Crippen LogP contribution is -2.49. The van der Waals surface area contributed by atoms with E-state index in [0.717, 1.165) is 5.56 Å². The highest BCUT2D eigenvalue weighted by atomic mass is 16.4. The van der Waals surface area contributed by atoms with E-state index in [2.05, 4.69) is 25.1 Å². The first-order valence-corrected chi connectivity index (χ1v) is 10.3. The predicted molar refractivity (Wildman–Crippen MR) is 122 cm³/mol. The number of nitrogens with zero attached hydrogens (tertiary/aromatic N) is 6. The summed E-state index contributed by atoms with van der Waals surface area (Å²) in [6.07, 6.45) is 1.63. The third-order valence-electron chi connectivity index (χ3n) is 5.35. The number of benzene rings is 2. The highest BCUT2D eigenvalue weighted by molar-refractivity contribution is 5.94. The molecule has 3 heterocycles. The van der Waals surface area contributed by atoms with E-state index in [9.17, 15) is 4.79 Å². The highest BCUT2D eigenvalue weighted by Gasteiger charge is 2.24. The van der Waals surface area contributed by atoms with Gasteiger partial charge >= 0.3 is 0 Å². The van der Waals surface area contributed by atoms with Gasteiger partial charge in [-0.15, -0.1) is 10.2 Å². The molecule has 1 saturated heterocycles. The van der Waals surface area contributed by atoms with Gasteiger partial charge in [-0.3, -0.25) is 4.79 Å². The van der Waals surface area contributed by atoms with Gasteiger partial charge < -0.3 is 20.0 Å². The van der Waals surface area contributed by atoms with Gasteiger partial charge in [0.25, 0.3) is 11.8 Å². The van der Waals surface area contributed by atoms with Crippen LogP contribution < -0.4 is 10.6 Å². The van der Waals surface area contributed by atoms with Gasteiger partial charge in [0.05, 0.1) is 6.20 Å². The molecule has 2 aromatic heterocycles. The number of anilines is 2. The molecular formula is C23H23N7O2. The number of nitrogen functional groups attached to an aromatic ring is 1. The Kier molecular flexibility index (Phi) is 5.20. The molecule has 0 aliphatic carbocycles. The molecule has 0 saturated carbocycles. The summed E-state index contributed by atoms with van der Waals surface area (Å²) in [6, 6.07) is 18.8. The van der Waals surface area contributed by atoms with Crippen LogP contribution in [0.1, 0.15) is 11.8 Å². The Morgan fingerprint density at radius 2 is 1.56 bits per heavy atom. The molecule has 0 unspecified atom stereocenters. The molecule has 5 rings (SSSR count). The first kappa shape index (κ1) is 19.7. The number of hydrogen-bond donors (Lipinski definition) is 1. The van der Waals surface area contributed by atoms with Crippen LogP contribution in [0.3, 0.4) is 0 Å². The number of hydrogen-bond acceptors (Lipinski definition) is 8. The molecule has 0 bridgehead atoms. The van der Waals surface area contributed by atoms with Crippen molar-refractivity contribution in [2.24, 2.45) is 0 Å². The summed E-state index contributed by atoms with van der Waals surface area (Å²) < 4.78 is 5.80. The fourth-order valence-corrected chi connectivity index (χ4v) is 3.62. The summed E-state index contributed by atoms with van der Waals surface area (Å²) in [6.45, 7) is 2.45. The lowest BCUT2D eigenvalue weighted by molar-refractivity contribution is 0.0746. The van der Waals surface area contributed by atoms with Crippen LogP contribution in [0.2, 0.25) is 0 Å². The molecule has 2 aromatic carbocycles. The van der Waals surface area contributed by atoms with E-state index in [-0.39, 0.29) is 19.0 Å². The van der Waals surface area contributed by atoms with Crippen molar-refractivity contribution in [1.29, 1.82) is 0 Å². The maximum absolute atomic E-state index is 12.7. The van der Waals surface area contributed by atoms with Crippen LogP contribution in [0.25, 0.3) is 23.0 Å². The zero-order valence-corrected chi connectivity index (χ0v) is 17.3. The molecule has 0 spiro atoms. The van der Waals surface area contributed by atoms with Gasteiger partial charge in [0.15, 0.2) is 11.5 Å². The Labute approximate surface area is 186 Å². The van der Waals surface area contributed by atoms with Crippen LogP contribution in [-0.4, -0.2) is 57.2 Å². The maximum atomic E-state index is 12.7. The van der Waals surface area contributed by atoms with E-state index in [1.165, 1.54) is 0 Å². The minimum atomic E-state index is 0. The third-order valence-corrected chi connectivity index (χ3v) is 5.35. The molecule has 1 fully saturated rings. The van der Waals surface area contributed by atoms with Crippen molar-refractivity contribution in [1.82, 2.24) is 25.1 Å². The van der Waals surface area contributed by atoms with Crippen molar-refractivity contribution < 1.29 is 10.6 Å². The van der Waals surface area contributed by atoms with Crippen molar-refractivity contribution in [2.45, 2.75) is 0 Å². The van der Waals surface area contributed by atoms with Crippen LogP contribution in [0.5, 0.6) is 0 Å². The van der Waals surface area contributed by atoms with E-state index in [0.29, 0.717) is 49.1 Å². The number of amides is 1. The van der Waals surface area contributed by atoms with E-state index in [1.54, 1.807) is 6.20 Å². The van der Waals surface area contributed by atoms with Gasteiger partial charge in [0.1, 0.15) is 5.82 Å². The van der Waals surface area contributed by atoms with Crippen molar-refractivity contribution in [3.8, 4) is 23.0 Å². The zero-order chi connectivity index (χ0) is 21.9. The third kappa shape index (κ3) is 3.87. The summed E-state index contributed by atoms with van der Waals surface area (Å²) in [5.74, 6) is 1.51. The van der Waals surface area contributed by atoms with Crippen LogP contribution in [0, 0.1) is 0 Å². The van der Waals surface area contributed by atoms with Crippen molar-refractivity contribution in [2.75, 3.05) is 36.8 Å². The van der Waals surface area contributed by atoms with Gasteiger partial charge in [-0.1, -0.05) is 36.4 Å². The average molecular weight is 429 g/mol. The van der Waals surface area contributed by atoms with Crippen LogP contribution in [0.15, 0.2) is 71.3 Å². The Morgan fingerprint density at radius 1 is 0.906 bits per heavy atom. The topological polar surface area (TPSA) is 114 Å². The predicted octanol–water partition coefficient (Wildman–Crippen LogP) is 2.98. The molecule has 162 valence electrons. The molecule has 4 aromatic rings. The minimum absolute atomic E-state index is 0. The quantitative estimate of drug-likeness (QED) is 0.527. The number of carbonyl (C=O) groups excluding carboxylic acids is 1. The fraction of sp³-hybridized carbons (Fsp3) is 0.174. The second-order valence-corrected chi connectivity index (χ2v) is 7.39. The van der Waals surface area contributed by atoms with E-state index in [1.807, 2.05) is 65.6 Å². The molecule has 32 heavy (non-hydrogen) atoms. The molecule has 1 aliphatic rings. The summed E-state index contributed by atoms with van der Waals surface area (Å²) in [4.78, 5) is 25.5. The Morgan fingerprint density at radius 3 is 2.28 bits per heavy atom. The first-order valence-electron chi connectivity index (χ1n) is 10.3.